The lowest BCUT2D eigenvalue weighted by Gasteiger charge is -2.32. The summed E-state index contributed by atoms with van der Waals surface area (Å²) in [5.41, 5.74) is 1.53. The fourth-order valence-corrected chi connectivity index (χ4v) is 2.77. The summed E-state index contributed by atoms with van der Waals surface area (Å²) >= 11 is 0. The van der Waals surface area contributed by atoms with E-state index in [1.54, 1.807) is 0 Å². The predicted molar refractivity (Wildman–Crippen MR) is 79.8 cm³/mol. The van der Waals surface area contributed by atoms with Crippen molar-refractivity contribution in [2.24, 2.45) is 5.92 Å². The van der Waals surface area contributed by atoms with E-state index < -0.39 is 0 Å². The van der Waals surface area contributed by atoms with Gasteiger partial charge in [-0.05, 0) is 44.7 Å². The second-order valence-electron chi connectivity index (χ2n) is 5.98. The maximum absolute atomic E-state index is 12.1. The summed E-state index contributed by atoms with van der Waals surface area (Å²) in [4.78, 5) is 18.7. The second kappa shape index (κ2) is 5.72. The zero-order valence-corrected chi connectivity index (χ0v) is 12.3. The molecule has 1 saturated heterocycles. The van der Waals surface area contributed by atoms with Crippen molar-refractivity contribution in [3.63, 3.8) is 0 Å². The van der Waals surface area contributed by atoms with Crippen molar-refractivity contribution in [3.8, 4) is 6.07 Å². The zero-order valence-electron chi connectivity index (χ0n) is 12.3. The number of nitriles is 1. The highest BCUT2D eigenvalue weighted by atomic mass is 16.2. The number of rotatable bonds is 3. The molecular formula is C16H20N4O. The first kappa shape index (κ1) is 13.9. The van der Waals surface area contributed by atoms with Crippen LogP contribution in [0.3, 0.4) is 0 Å². The third kappa shape index (κ3) is 3.15. The minimum Gasteiger partial charge on any atom is -0.355 e. The van der Waals surface area contributed by atoms with Crippen LogP contribution in [0.5, 0.6) is 0 Å². The SMILES string of the molecule is Cc1ccc(C#N)c(N2CCC(C(=O)NC3CC3)CC2)n1. The molecule has 1 amide bonds. The number of hydrogen-bond donors (Lipinski definition) is 1. The molecule has 3 rings (SSSR count). The number of nitrogens with one attached hydrogen (secondary N) is 1. The van der Waals surface area contributed by atoms with Crippen molar-refractivity contribution in [2.45, 2.75) is 38.6 Å². The van der Waals surface area contributed by atoms with Gasteiger partial charge in [-0.3, -0.25) is 4.79 Å². The lowest BCUT2D eigenvalue weighted by molar-refractivity contribution is -0.125. The number of anilines is 1. The molecule has 1 saturated carbocycles. The normalized spacial score (nSPS) is 19.1. The molecule has 5 nitrogen and oxygen atoms in total. The maximum Gasteiger partial charge on any atom is 0.223 e. The molecule has 21 heavy (non-hydrogen) atoms. The number of aromatic nitrogens is 1. The highest BCUT2D eigenvalue weighted by Crippen LogP contribution is 2.26. The van der Waals surface area contributed by atoms with Crippen LogP contribution in [-0.4, -0.2) is 30.0 Å². The van der Waals surface area contributed by atoms with E-state index in [0.717, 1.165) is 50.3 Å². The Labute approximate surface area is 125 Å². The molecule has 0 aromatic carbocycles. The van der Waals surface area contributed by atoms with Gasteiger partial charge >= 0.3 is 0 Å². The molecule has 0 radical (unpaired) electrons. The van der Waals surface area contributed by atoms with Crippen molar-refractivity contribution in [3.05, 3.63) is 23.4 Å². The Balaban J connectivity index is 1.64. The Morgan fingerprint density at radius 3 is 2.67 bits per heavy atom. The highest BCUT2D eigenvalue weighted by molar-refractivity contribution is 5.79. The average molecular weight is 284 g/mol. The summed E-state index contributed by atoms with van der Waals surface area (Å²) < 4.78 is 0. The van der Waals surface area contributed by atoms with Gasteiger partial charge in [-0.25, -0.2) is 4.98 Å². The maximum atomic E-state index is 12.1. The third-order valence-corrected chi connectivity index (χ3v) is 4.22. The second-order valence-corrected chi connectivity index (χ2v) is 5.98. The van der Waals surface area contributed by atoms with E-state index in [-0.39, 0.29) is 11.8 Å². The first-order chi connectivity index (χ1) is 10.2. The molecule has 0 atom stereocenters. The molecule has 2 fully saturated rings. The average Bonchev–Trinajstić information content (AvgIpc) is 3.31. The molecule has 110 valence electrons. The third-order valence-electron chi connectivity index (χ3n) is 4.22. The molecule has 0 unspecified atom stereocenters. The Bertz CT molecular complexity index is 580. The minimum absolute atomic E-state index is 0.109. The van der Waals surface area contributed by atoms with Crippen LogP contribution in [0.4, 0.5) is 5.82 Å². The Morgan fingerprint density at radius 1 is 1.33 bits per heavy atom. The quantitative estimate of drug-likeness (QED) is 0.918. The first-order valence-corrected chi connectivity index (χ1v) is 7.60. The van der Waals surface area contributed by atoms with E-state index in [4.69, 9.17) is 0 Å². The van der Waals surface area contributed by atoms with E-state index in [0.29, 0.717) is 11.6 Å². The molecule has 2 aliphatic rings. The number of piperidine rings is 1. The van der Waals surface area contributed by atoms with Gasteiger partial charge in [-0.1, -0.05) is 0 Å². The van der Waals surface area contributed by atoms with Crippen molar-refractivity contribution in [1.29, 1.82) is 5.26 Å². The van der Waals surface area contributed by atoms with Crippen LogP contribution in [0.1, 0.15) is 36.9 Å². The summed E-state index contributed by atoms with van der Waals surface area (Å²) in [6.45, 7) is 3.50. The number of pyridine rings is 1. The van der Waals surface area contributed by atoms with Crippen LogP contribution in [0.15, 0.2) is 12.1 Å². The molecule has 0 spiro atoms. The summed E-state index contributed by atoms with van der Waals surface area (Å²) in [5.74, 6) is 1.07. The fraction of sp³-hybridized carbons (Fsp3) is 0.562. The predicted octanol–water partition coefficient (Wildman–Crippen LogP) is 1.76. The zero-order chi connectivity index (χ0) is 14.8. The molecule has 1 aromatic rings. The standard InChI is InChI=1S/C16H20N4O/c1-11-2-3-13(10-17)15(18-11)20-8-6-12(7-9-20)16(21)19-14-4-5-14/h2-3,12,14H,4-9H2,1H3,(H,19,21). The number of nitrogens with zero attached hydrogens (tertiary/aromatic N) is 3. The van der Waals surface area contributed by atoms with Gasteiger partial charge in [0.05, 0.1) is 5.56 Å². The first-order valence-electron chi connectivity index (χ1n) is 7.60. The van der Waals surface area contributed by atoms with Crippen LogP contribution in [-0.2, 0) is 4.79 Å². The molecule has 2 heterocycles. The van der Waals surface area contributed by atoms with Crippen LogP contribution in [0.25, 0.3) is 0 Å². The topological polar surface area (TPSA) is 69.0 Å². The Hall–Kier alpha value is -2.09. The van der Waals surface area contributed by atoms with Crippen LogP contribution in [0.2, 0.25) is 0 Å². The van der Waals surface area contributed by atoms with E-state index in [1.807, 2.05) is 19.1 Å². The number of amides is 1. The number of aryl methyl sites for hydroxylation is 1. The summed E-state index contributed by atoms with van der Waals surface area (Å²) in [6, 6.07) is 6.32. The number of hydrogen-bond acceptors (Lipinski definition) is 4. The van der Waals surface area contributed by atoms with Gasteiger partial charge < -0.3 is 10.2 Å². The van der Waals surface area contributed by atoms with Crippen molar-refractivity contribution >= 4 is 11.7 Å². The van der Waals surface area contributed by atoms with Gasteiger partial charge in [0.1, 0.15) is 11.9 Å². The summed E-state index contributed by atoms with van der Waals surface area (Å²) in [6.07, 6.45) is 3.92. The molecule has 5 heteroatoms. The summed E-state index contributed by atoms with van der Waals surface area (Å²) in [5, 5.41) is 12.3. The van der Waals surface area contributed by atoms with E-state index in [2.05, 4.69) is 21.3 Å². The lowest BCUT2D eigenvalue weighted by atomic mass is 9.95. The van der Waals surface area contributed by atoms with Gasteiger partial charge in [0.15, 0.2) is 0 Å². The monoisotopic (exact) mass is 284 g/mol. The van der Waals surface area contributed by atoms with Crippen LogP contribution >= 0.6 is 0 Å². The molecule has 1 N–H and O–H groups in total. The Kier molecular flexibility index (Phi) is 3.78. The van der Waals surface area contributed by atoms with E-state index >= 15 is 0 Å². The molecule has 0 bridgehead atoms. The van der Waals surface area contributed by atoms with Gasteiger partial charge in [-0.15, -0.1) is 0 Å². The summed E-state index contributed by atoms with van der Waals surface area (Å²) in [7, 11) is 0. The fourth-order valence-electron chi connectivity index (χ4n) is 2.77. The molecule has 1 aromatic heterocycles. The highest BCUT2D eigenvalue weighted by Gasteiger charge is 2.30. The molecule has 1 aliphatic heterocycles. The largest absolute Gasteiger partial charge is 0.355 e. The van der Waals surface area contributed by atoms with Gasteiger partial charge in [0.25, 0.3) is 0 Å². The van der Waals surface area contributed by atoms with Gasteiger partial charge in [0, 0.05) is 30.7 Å². The smallest absolute Gasteiger partial charge is 0.223 e. The number of carbonyl (C=O) groups excluding carboxylic acids is 1. The van der Waals surface area contributed by atoms with Crippen molar-refractivity contribution in [1.82, 2.24) is 10.3 Å². The van der Waals surface area contributed by atoms with Crippen molar-refractivity contribution in [2.75, 3.05) is 18.0 Å². The van der Waals surface area contributed by atoms with Crippen LogP contribution < -0.4 is 10.2 Å². The molecule has 1 aliphatic carbocycles. The lowest BCUT2D eigenvalue weighted by Crippen LogP contribution is -2.41. The van der Waals surface area contributed by atoms with Crippen molar-refractivity contribution < 1.29 is 4.79 Å². The van der Waals surface area contributed by atoms with E-state index in [9.17, 15) is 10.1 Å². The van der Waals surface area contributed by atoms with E-state index in [1.165, 1.54) is 0 Å². The minimum atomic E-state index is 0.109. The van der Waals surface area contributed by atoms with Gasteiger partial charge in [0.2, 0.25) is 5.91 Å². The number of carbonyl (C=O) groups is 1. The van der Waals surface area contributed by atoms with Crippen LogP contribution in [0, 0.1) is 24.2 Å². The van der Waals surface area contributed by atoms with Gasteiger partial charge in [-0.2, -0.15) is 5.26 Å². The Morgan fingerprint density at radius 2 is 2.05 bits per heavy atom. The molecular weight excluding hydrogens is 264 g/mol.